The topological polar surface area (TPSA) is 78.7 Å². The molecule has 1 atom stereocenters. The van der Waals surface area contributed by atoms with Crippen LogP contribution in [0.25, 0.3) is 0 Å². The van der Waals surface area contributed by atoms with Crippen LogP contribution in [-0.2, 0) is 9.59 Å². The van der Waals surface area contributed by atoms with E-state index in [0.717, 1.165) is 44.9 Å². The van der Waals surface area contributed by atoms with Gasteiger partial charge in [-0.2, -0.15) is 0 Å². The fourth-order valence-corrected chi connectivity index (χ4v) is 4.97. The second-order valence-electron chi connectivity index (χ2n) is 8.50. The van der Waals surface area contributed by atoms with Gasteiger partial charge in [0, 0.05) is 24.5 Å². The molecule has 2 amide bonds. The van der Waals surface area contributed by atoms with Crippen molar-refractivity contribution in [2.75, 3.05) is 32.7 Å². The van der Waals surface area contributed by atoms with Gasteiger partial charge in [0.15, 0.2) is 0 Å². The van der Waals surface area contributed by atoms with E-state index in [2.05, 4.69) is 15.1 Å². The molecule has 2 heterocycles. The van der Waals surface area contributed by atoms with Gasteiger partial charge in [0.1, 0.15) is 0 Å². The first kappa shape index (κ1) is 19.6. The van der Waals surface area contributed by atoms with Crippen molar-refractivity contribution in [3.05, 3.63) is 0 Å². The quantitative estimate of drug-likeness (QED) is 0.725. The molecular weight excluding hydrogens is 328 g/mol. The largest absolute Gasteiger partial charge is 0.369 e. The molecule has 1 saturated carbocycles. The minimum atomic E-state index is -0.284. The molecule has 2 aliphatic heterocycles. The highest BCUT2D eigenvalue weighted by molar-refractivity contribution is 5.79. The van der Waals surface area contributed by atoms with Gasteiger partial charge in [0.05, 0.1) is 6.54 Å². The van der Waals surface area contributed by atoms with Gasteiger partial charge >= 0.3 is 0 Å². The molecule has 0 spiro atoms. The molecule has 0 aromatic carbocycles. The molecule has 0 bridgehead atoms. The van der Waals surface area contributed by atoms with Gasteiger partial charge < -0.3 is 11.1 Å². The monoisotopic (exact) mass is 364 g/mol. The lowest BCUT2D eigenvalue weighted by Gasteiger charge is -2.39. The minimum absolute atomic E-state index is 0.0902. The average molecular weight is 365 g/mol. The number of piperidine rings is 2. The third-order valence-corrected chi connectivity index (χ3v) is 6.48. The molecule has 6 nitrogen and oxygen atoms in total. The summed E-state index contributed by atoms with van der Waals surface area (Å²) in [6, 6.07) is 1.04. The van der Waals surface area contributed by atoms with Crippen molar-refractivity contribution in [3.8, 4) is 0 Å². The summed E-state index contributed by atoms with van der Waals surface area (Å²) in [6.45, 7) is 4.12. The van der Waals surface area contributed by atoms with E-state index in [4.69, 9.17) is 5.73 Å². The SMILES string of the molecule is NC(=O)CN1CCC(C(=O)N[C@H]2CCCN(C3CCCCCC3)C2)CC1. The minimum Gasteiger partial charge on any atom is -0.369 e. The van der Waals surface area contributed by atoms with Gasteiger partial charge in [0.2, 0.25) is 11.8 Å². The van der Waals surface area contributed by atoms with Gasteiger partial charge in [-0.3, -0.25) is 19.4 Å². The Bertz CT molecular complexity index is 468. The van der Waals surface area contributed by atoms with Crippen LogP contribution >= 0.6 is 0 Å². The van der Waals surface area contributed by atoms with E-state index in [-0.39, 0.29) is 17.7 Å². The highest BCUT2D eigenvalue weighted by Crippen LogP contribution is 2.25. The van der Waals surface area contributed by atoms with Gasteiger partial charge in [-0.1, -0.05) is 25.7 Å². The average Bonchev–Trinajstić information content (AvgIpc) is 2.91. The van der Waals surface area contributed by atoms with Gasteiger partial charge in [-0.15, -0.1) is 0 Å². The number of carbonyl (C=O) groups is 2. The van der Waals surface area contributed by atoms with Crippen LogP contribution in [0.2, 0.25) is 0 Å². The molecule has 6 heteroatoms. The summed E-state index contributed by atoms with van der Waals surface area (Å²) in [7, 11) is 0. The van der Waals surface area contributed by atoms with Crippen LogP contribution in [0.4, 0.5) is 0 Å². The fraction of sp³-hybridized carbons (Fsp3) is 0.900. The van der Waals surface area contributed by atoms with Crippen molar-refractivity contribution in [1.82, 2.24) is 15.1 Å². The summed E-state index contributed by atoms with van der Waals surface area (Å²) in [5, 5.41) is 3.34. The molecule has 3 fully saturated rings. The predicted octanol–water partition coefficient (Wildman–Crippen LogP) is 1.49. The van der Waals surface area contributed by atoms with Crippen LogP contribution < -0.4 is 11.1 Å². The lowest BCUT2D eigenvalue weighted by molar-refractivity contribution is -0.127. The Balaban J connectivity index is 1.43. The van der Waals surface area contributed by atoms with E-state index < -0.39 is 0 Å². The van der Waals surface area contributed by atoms with Crippen molar-refractivity contribution in [1.29, 1.82) is 0 Å². The zero-order valence-electron chi connectivity index (χ0n) is 16.1. The van der Waals surface area contributed by atoms with E-state index in [1.807, 2.05) is 0 Å². The first-order valence-corrected chi connectivity index (χ1v) is 10.7. The Hall–Kier alpha value is -1.14. The van der Waals surface area contributed by atoms with Gasteiger partial charge in [-0.05, 0) is 58.2 Å². The first-order valence-electron chi connectivity index (χ1n) is 10.7. The Kier molecular flexibility index (Phi) is 7.32. The number of hydrogen-bond donors (Lipinski definition) is 2. The van der Waals surface area contributed by atoms with Crippen molar-refractivity contribution in [2.24, 2.45) is 11.7 Å². The number of carbonyl (C=O) groups excluding carboxylic acids is 2. The highest BCUT2D eigenvalue weighted by Gasteiger charge is 2.30. The predicted molar refractivity (Wildman–Crippen MR) is 103 cm³/mol. The molecule has 0 aromatic rings. The Morgan fingerprint density at radius 1 is 0.885 bits per heavy atom. The third kappa shape index (κ3) is 5.68. The maximum Gasteiger partial charge on any atom is 0.231 e. The van der Waals surface area contributed by atoms with Crippen molar-refractivity contribution >= 4 is 11.8 Å². The second-order valence-corrected chi connectivity index (χ2v) is 8.50. The zero-order valence-corrected chi connectivity index (χ0v) is 16.1. The third-order valence-electron chi connectivity index (χ3n) is 6.48. The number of likely N-dealkylation sites (tertiary alicyclic amines) is 2. The van der Waals surface area contributed by atoms with E-state index in [9.17, 15) is 9.59 Å². The fourth-order valence-electron chi connectivity index (χ4n) is 4.97. The molecule has 0 aromatic heterocycles. The summed E-state index contributed by atoms with van der Waals surface area (Å²) in [5.74, 6) is 0.0255. The van der Waals surface area contributed by atoms with E-state index in [1.165, 1.54) is 51.5 Å². The summed E-state index contributed by atoms with van der Waals surface area (Å²) in [6.07, 6.45) is 12.1. The number of nitrogens with zero attached hydrogens (tertiary/aromatic N) is 2. The van der Waals surface area contributed by atoms with Crippen molar-refractivity contribution < 1.29 is 9.59 Å². The Labute approximate surface area is 157 Å². The summed E-state index contributed by atoms with van der Waals surface area (Å²) in [5.41, 5.74) is 5.26. The maximum atomic E-state index is 12.7. The normalized spacial score (nSPS) is 27.8. The molecule has 0 radical (unpaired) electrons. The highest BCUT2D eigenvalue weighted by atomic mass is 16.2. The summed E-state index contributed by atoms with van der Waals surface area (Å²) in [4.78, 5) is 28.4. The molecule has 3 aliphatic rings. The number of primary amides is 1. The Morgan fingerprint density at radius 3 is 2.23 bits per heavy atom. The number of nitrogens with one attached hydrogen (secondary N) is 1. The number of rotatable bonds is 5. The zero-order chi connectivity index (χ0) is 18.4. The van der Waals surface area contributed by atoms with Gasteiger partial charge in [0.25, 0.3) is 0 Å². The molecule has 0 unspecified atom stereocenters. The summed E-state index contributed by atoms with van der Waals surface area (Å²) >= 11 is 0. The number of nitrogens with two attached hydrogens (primary N) is 1. The molecule has 3 rings (SSSR count). The van der Waals surface area contributed by atoms with Crippen LogP contribution in [0.1, 0.15) is 64.2 Å². The molecular formula is C20H36N4O2. The Morgan fingerprint density at radius 2 is 1.58 bits per heavy atom. The molecule has 148 valence electrons. The maximum absolute atomic E-state index is 12.7. The van der Waals surface area contributed by atoms with Crippen LogP contribution in [0, 0.1) is 5.92 Å². The molecule has 26 heavy (non-hydrogen) atoms. The van der Waals surface area contributed by atoms with Crippen LogP contribution in [0.3, 0.4) is 0 Å². The van der Waals surface area contributed by atoms with Gasteiger partial charge in [-0.25, -0.2) is 0 Å². The molecule has 2 saturated heterocycles. The smallest absolute Gasteiger partial charge is 0.231 e. The van der Waals surface area contributed by atoms with Crippen LogP contribution in [-0.4, -0.2) is 66.4 Å². The van der Waals surface area contributed by atoms with E-state index in [0.29, 0.717) is 12.6 Å². The molecule has 1 aliphatic carbocycles. The van der Waals surface area contributed by atoms with E-state index >= 15 is 0 Å². The summed E-state index contributed by atoms with van der Waals surface area (Å²) < 4.78 is 0. The lowest BCUT2D eigenvalue weighted by atomic mass is 9.94. The van der Waals surface area contributed by atoms with Crippen molar-refractivity contribution in [3.63, 3.8) is 0 Å². The second kappa shape index (κ2) is 9.70. The standard InChI is InChI=1S/C20H36N4O2/c21-19(25)15-23-12-9-16(10-13-23)20(26)22-17-6-5-11-24(14-17)18-7-3-1-2-4-8-18/h16-18H,1-15H2,(H2,21,25)(H,22,26)/t17-/m0/s1. The van der Waals surface area contributed by atoms with Crippen LogP contribution in [0.15, 0.2) is 0 Å². The van der Waals surface area contributed by atoms with Crippen LogP contribution in [0.5, 0.6) is 0 Å². The van der Waals surface area contributed by atoms with Crippen molar-refractivity contribution in [2.45, 2.75) is 76.3 Å². The number of hydrogen-bond acceptors (Lipinski definition) is 4. The number of amides is 2. The first-order chi connectivity index (χ1) is 12.6. The van der Waals surface area contributed by atoms with E-state index in [1.54, 1.807) is 0 Å². The molecule has 3 N–H and O–H groups in total. The lowest BCUT2D eigenvalue weighted by Crippen LogP contribution is -2.52.